The summed E-state index contributed by atoms with van der Waals surface area (Å²) in [5.41, 5.74) is 2.87. The molecule has 2 aromatic rings. The first kappa shape index (κ1) is 13.6. The Kier molecular flexibility index (Phi) is 3.53. The highest BCUT2D eigenvalue weighted by Gasteiger charge is 2.25. The van der Waals surface area contributed by atoms with Gasteiger partial charge in [0.05, 0.1) is 12.1 Å². The van der Waals surface area contributed by atoms with Crippen molar-refractivity contribution in [2.45, 2.75) is 12.5 Å². The van der Waals surface area contributed by atoms with E-state index >= 15 is 0 Å². The standard InChI is InChI=1S/C16H13Cl2O2/c1-9-5-10-6-12(19-2)8-14(16(10)20-9)13-4-3-11(17)7-15(13)18/h3-4,6-9H,1,5H2,2H3. The molecule has 1 aliphatic heterocycles. The lowest BCUT2D eigenvalue weighted by Gasteiger charge is -2.13. The van der Waals surface area contributed by atoms with Crippen molar-refractivity contribution in [3.8, 4) is 22.6 Å². The lowest BCUT2D eigenvalue weighted by atomic mass is 10.00. The molecule has 103 valence electrons. The molecule has 0 N–H and O–H groups in total. The Morgan fingerprint density at radius 2 is 2.00 bits per heavy atom. The third kappa shape index (κ3) is 2.34. The molecular weight excluding hydrogens is 295 g/mol. The van der Waals surface area contributed by atoms with Crippen molar-refractivity contribution in [3.63, 3.8) is 0 Å². The third-order valence-corrected chi connectivity index (χ3v) is 3.88. The monoisotopic (exact) mass is 307 g/mol. The largest absolute Gasteiger partial charge is 0.497 e. The fraction of sp³-hybridized carbons (Fsp3) is 0.188. The maximum atomic E-state index is 6.30. The van der Waals surface area contributed by atoms with Crippen LogP contribution < -0.4 is 9.47 Å². The molecule has 4 heteroatoms. The lowest BCUT2D eigenvalue weighted by molar-refractivity contribution is 0.282. The minimum Gasteiger partial charge on any atom is -0.497 e. The molecule has 0 bridgehead atoms. The first-order chi connectivity index (χ1) is 9.58. The van der Waals surface area contributed by atoms with E-state index in [2.05, 4.69) is 6.92 Å². The summed E-state index contributed by atoms with van der Waals surface area (Å²) in [6.45, 7) is 3.96. The van der Waals surface area contributed by atoms with Crippen LogP contribution in [-0.2, 0) is 6.42 Å². The average molecular weight is 308 g/mol. The van der Waals surface area contributed by atoms with Gasteiger partial charge in [0.2, 0.25) is 0 Å². The molecule has 0 saturated heterocycles. The SMILES string of the molecule is [CH2]C1Cc2cc(OC)cc(-c3ccc(Cl)cc3Cl)c2O1. The summed E-state index contributed by atoms with van der Waals surface area (Å²) in [5, 5.41) is 1.19. The van der Waals surface area contributed by atoms with E-state index in [4.69, 9.17) is 32.7 Å². The lowest BCUT2D eigenvalue weighted by Crippen LogP contribution is -2.06. The van der Waals surface area contributed by atoms with Gasteiger partial charge in [-0.3, -0.25) is 0 Å². The Labute approximate surface area is 128 Å². The summed E-state index contributed by atoms with van der Waals surface area (Å²) in [4.78, 5) is 0. The van der Waals surface area contributed by atoms with Crippen LogP contribution in [0.1, 0.15) is 5.56 Å². The van der Waals surface area contributed by atoms with Crippen LogP contribution in [-0.4, -0.2) is 13.2 Å². The molecule has 0 amide bonds. The van der Waals surface area contributed by atoms with Gasteiger partial charge in [0.1, 0.15) is 17.6 Å². The van der Waals surface area contributed by atoms with Crippen molar-refractivity contribution >= 4 is 23.2 Å². The molecule has 2 nitrogen and oxygen atoms in total. The third-order valence-electron chi connectivity index (χ3n) is 3.33. The molecule has 1 atom stereocenters. The zero-order valence-electron chi connectivity index (χ0n) is 11.0. The maximum absolute atomic E-state index is 6.30. The van der Waals surface area contributed by atoms with E-state index in [1.54, 1.807) is 13.2 Å². The zero-order chi connectivity index (χ0) is 14.3. The Balaban J connectivity index is 2.20. The van der Waals surface area contributed by atoms with Gasteiger partial charge in [0.15, 0.2) is 0 Å². The smallest absolute Gasteiger partial charge is 0.131 e. The van der Waals surface area contributed by atoms with Gasteiger partial charge in [-0.1, -0.05) is 29.3 Å². The van der Waals surface area contributed by atoms with E-state index in [0.717, 1.165) is 34.6 Å². The molecule has 20 heavy (non-hydrogen) atoms. The van der Waals surface area contributed by atoms with Crippen LogP contribution in [0.4, 0.5) is 0 Å². The van der Waals surface area contributed by atoms with Crippen molar-refractivity contribution in [3.05, 3.63) is 52.9 Å². The molecule has 1 radical (unpaired) electrons. The van der Waals surface area contributed by atoms with Gasteiger partial charge in [-0.15, -0.1) is 0 Å². The molecular formula is C16H13Cl2O2. The Morgan fingerprint density at radius 1 is 1.20 bits per heavy atom. The quantitative estimate of drug-likeness (QED) is 0.793. The Hall–Kier alpha value is -1.38. The van der Waals surface area contributed by atoms with E-state index in [0.29, 0.717) is 10.0 Å². The van der Waals surface area contributed by atoms with Gasteiger partial charge in [0.25, 0.3) is 0 Å². The van der Waals surface area contributed by atoms with Gasteiger partial charge in [-0.2, -0.15) is 0 Å². The van der Waals surface area contributed by atoms with Crippen LogP contribution in [0.25, 0.3) is 11.1 Å². The van der Waals surface area contributed by atoms with Crippen molar-refractivity contribution in [2.24, 2.45) is 0 Å². The van der Waals surface area contributed by atoms with Gasteiger partial charge >= 0.3 is 0 Å². The summed E-state index contributed by atoms with van der Waals surface area (Å²) in [5.74, 6) is 1.61. The van der Waals surface area contributed by atoms with Gasteiger partial charge in [-0.05, 0) is 31.2 Å². The van der Waals surface area contributed by atoms with Crippen molar-refractivity contribution in [1.29, 1.82) is 0 Å². The molecule has 0 aliphatic carbocycles. The number of fused-ring (bicyclic) bond motifs is 1. The minimum atomic E-state index is -0.0815. The van der Waals surface area contributed by atoms with Crippen LogP contribution in [0, 0.1) is 6.92 Å². The highest BCUT2D eigenvalue weighted by molar-refractivity contribution is 6.36. The van der Waals surface area contributed by atoms with Crippen LogP contribution >= 0.6 is 23.2 Å². The molecule has 1 heterocycles. The topological polar surface area (TPSA) is 18.5 Å². The molecule has 0 saturated carbocycles. The second-order valence-corrected chi connectivity index (χ2v) is 5.57. The normalized spacial score (nSPS) is 16.7. The summed E-state index contributed by atoms with van der Waals surface area (Å²) in [7, 11) is 1.65. The number of hydrogen-bond donors (Lipinski definition) is 0. The number of hydrogen-bond acceptors (Lipinski definition) is 2. The van der Waals surface area contributed by atoms with E-state index in [1.165, 1.54) is 0 Å². The minimum absolute atomic E-state index is 0.0815. The first-order valence-electron chi connectivity index (χ1n) is 6.24. The van der Waals surface area contributed by atoms with E-state index in [1.807, 2.05) is 24.3 Å². The van der Waals surface area contributed by atoms with Gasteiger partial charge < -0.3 is 9.47 Å². The summed E-state index contributed by atoms with van der Waals surface area (Å²) in [6, 6.07) is 9.32. The van der Waals surface area contributed by atoms with E-state index in [-0.39, 0.29) is 6.10 Å². The number of methoxy groups -OCH3 is 1. The predicted molar refractivity (Wildman–Crippen MR) is 81.9 cm³/mol. The van der Waals surface area contributed by atoms with E-state index in [9.17, 15) is 0 Å². The summed E-state index contributed by atoms with van der Waals surface area (Å²) >= 11 is 12.3. The highest BCUT2D eigenvalue weighted by atomic mass is 35.5. The predicted octanol–water partition coefficient (Wildman–Crippen LogP) is 4.81. The first-order valence-corrected chi connectivity index (χ1v) is 7.00. The van der Waals surface area contributed by atoms with Crippen LogP contribution in [0.2, 0.25) is 10.0 Å². The van der Waals surface area contributed by atoms with Crippen molar-refractivity contribution < 1.29 is 9.47 Å². The average Bonchev–Trinajstić information content (AvgIpc) is 2.78. The molecule has 1 unspecified atom stereocenters. The summed E-state index contributed by atoms with van der Waals surface area (Å²) in [6.07, 6.45) is 0.687. The number of rotatable bonds is 2. The van der Waals surface area contributed by atoms with Crippen molar-refractivity contribution in [2.75, 3.05) is 7.11 Å². The molecule has 1 aliphatic rings. The highest BCUT2D eigenvalue weighted by Crippen LogP contribution is 2.44. The molecule has 2 aromatic carbocycles. The molecule has 0 spiro atoms. The maximum Gasteiger partial charge on any atom is 0.131 e. The van der Waals surface area contributed by atoms with Crippen molar-refractivity contribution in [1.82, 2.24) is 0 Å². The Morgan fingerprint density at radius 3 is 2.70 bits per heavy atom. The molecule has 3 rings (SSSR count). The summed E-state index contributed by atoms with van der Waals surface area (Å²) < 4.78 is 11.2. The van der Waals surface area contributed by atoms with Crippen LogP contribution in [0.15, 0.2) is 30.3 Å². The Bertz CT molecular complexity index is 668. The van der Waals surface area contributed by atoms with Crippen LogP contribution in [0.5, 0.6) is 11.5 Å². The zero-order valence-corrected chi connectivity index (χ0v) is 12.5. The van der Waals surface area contributed by atoms with E-state index < -0.39 is 0 Å². The number of halogens is 2. The van der Waals surface area contributed by atoms with Crippen LogP contribution in [0.3, 0.4) is 0 Å². The second kappa shape index (κ2) is 5.19. The van der Waals surface area contributed by atoms with Gasteiger partial charge in [0, 0.05) is 28.1 Å². The molecule has 0 fully saturated rings. The fourth-order valence-electron chi connectivity index (χ4n) is 2.43. The fourth-order valence-corrected chi connectivity index (χ4v) is 2.94. The second-order valence-electron chi connectivity index (χ2n) is 4.73. The number of ether oxygens (including phenoxy) is 2. The molecule has 0 aromatic heterocycles. The van der Waals surface area contributed by atoms with Gasteiger partial charge in [-0.25, -0.2) is 0 Å². The number of benzene rings is 2.